The molecule has 1 atom stereocenters. The van der Waals surface area contributed by atoms with Crippen molar-refractivity contribution in [3.8, 4) is 0 Å². The standard InChI is InChI=1S/C13H26N2O2/c1-5-7-8-11(6-2)9-14-12(16)13(17)15-10(3)4/h10-11H,5-9H2,1-4H3,(H,14,16)(H,15,17)/t11-/m1/s1. The summed E-state index contributed by atoms with van der Waals surface area (Å²) in [4.78, 5) is 22.8. The number of hydrogen-bond acceptors (Lipinski definition) is 2. The molecule has 0 heterocycles. The number of hydrogen-bond donors (Lipinski definition) is 2. The molecule has 0 aromatic carbocycles. The van der Waals surface area contributed by atoms with Gasteiger partial charge in [-0.1, -0.05) is 33.1 Å². The minimum Gasteiger partial charge on any atom is -0.348 e. The molecule has 4 heteroatoms. The lowest BCUT2D eigenvalue weighted by Crippen LogP contribution is -2.44. The van der Waals surface area contributed by atoms with E-state index in [4.69, 9.17) is 0 Å². The Balaban J connectivity index is 3.91. The van der Waals surface area contributed by atoms with E-state index in [0.717, 1.165) is 19.3 Å². The van der Waals surface area contributed by atoms with Gasteiger partial charge in [0.15, 0.2) is 0 Å². The van der Waals surface area contributed by atoms with Gasteiger partial charge in [-0.25, -0.2) is 0 Å². The molecular formula is C13H26N2O2. The molecule has 100 valence electrons. The molecule has 17 heavy (non-hydrogen) atoms. The maximum atomic E-state index is 11.4. The van der Waals surface area contributed by atoms with Crippen LogP contribution in [0.2, 0.25) is 0 Å². The second-order valence-corrected chi connectivity index (χ2v) is 4.75. The van der Waals surface area contributed by atoms with Gasteiger partial charge in [0, 0.05) is 12.6 Å². The van der Waals surface area contributed by atoms with E-state index in [1.165, 1.54) is 6.42 Å². The molecule has 0 unspecified atom stereocenters. The molecule has 0 rings (SSSR count). The quantitative estimate of drug-likeness (QED) is 0.669. The first-order valence-electron chi connectivity index (χ1n) is 6.59. The highest BCUT2D eigenvalue weighted by atomic mass is 16.2. The van der Waals surface area contributed by atoms with Gasteiger partial charge in [0.25, 0.3) is 0 Å². The Hall–Kier alpha value is -1.06. The Bertz CT molecular complexity index is 240. The molecule has 0 aliphatic carbocycles. The third kappa shape index (κ3) is 7.77. The van der Waals surface area contributed by atoms with Crippen LogP contribution in [0.3, 0.4) is 0 Å². The normalized spacial score (nSPS) is 12.3. The van der Waals surface area contributed by atoms with Crippen LogP contribution in [0.1, 0.15) is 53.4 Å². The lowest BCUT2D eigenvalue weighted by molar-refractivity contribution is -0.139. The molecule has 0 saturated heterocycles. The summed E-state index contributed by atoms with van der Waals surface area (Å²) in [6.45, 7) is 8.53. The van der Waals surface area contributed by atoms with Crippen molar-refractivity contribution in [1.82, 2.24) is 10.6 Å². The fourth-order valence-electron chi connectivity index (χ4n) is 1.59. The highest BCUT2D eigenvalue weighted by Gasteiger charge is 2.15. The zero-order valence-corrected chi connectivity index (χ0v) is 11.5. The van der Waals surface area contributed by atoms with Crippen LogP contribution >= 0.6 is 0 Å². The summed E-state index contributed by atoms with van der Waals surface area (Å²) < 4.78 is 0. The maximum Gasteiger partial charge on any atom is 0.309 e. The predicted octanol–water partition coefficient (Wildman–Crippen LogP) is 1.84. The number of amides is 2. The van der Waals surface area contributed by atoms with Gasteiger partial charge in [0.05, 0.1) is 0 Å². The van der Waals surface area contributed by atoms with Crippen LogP contribution in [0, 0.1) is 5.92 Å². The van der Waals surface area contributed by atoms with Crippen LogP contribution in [-0.4, -0.2) is 24.4 Å². The lowest BCUT2D eigenvalue weighted by atomic mass is 9.99. The van der Waals surface area contributed by atoms with E-state index < -0.39 is 11.8 Å². The van der Waals surface area contributed by atoms with Crippen LogP contribution in [-0.2, 0) is 9.59 Å². The molecular weight excluding hydrogens is 216 g/mol. The fourth-order valence-corrected chi connectivity index (χ4v) is 1.59. The molecule has 0 aliphatic rings. The van der Waals surface area contributed by atoms with Crippen molar-refractivity contribution in [2.24, 2.45) is 5.92 Å². The van der Waals surface area contributed by atoms with Crippen molar-refractivity contribution in [1.29, 1.82) is 0 Å². The van der Waals surface area contributed by atoms with Gasteiger partial charge in [0.1, 0.15) is 0 Å². The van der Waals surface area contributed by atoms with E-state index in [2.05, 4.69) is 24.5 Å². The minimum atomic E-state index is -0.537. The van der Waals surface area contributed by atoms with Crippen molar-refractivity contribution in [2.45, 2.75) is 59.4 Å². The average Bonchev–Trinajstić information content (AvgIpc) is 2.28. The van der Waals surface area contributed by atoms with E-state index >= 15 is 0 Å². The molecule has 0 aliphatic heterocycles. The van der Waals surface area contributed by atoms with Gasteiger partial charge in [-0.15, -0.1) is 0 Å². The average molecular weight is 242 g/mol. The number of rotatable bonds is 7. The summed E-state index contributed by atoms with van der Waals surface area (Å²) in [7, 11) is 0. The maximum absolute atomic E-state index is 11.4. The number of unbranched alkanes of at least 4 members (excludes halogenated alkanes) is 1. The lowest BCUT2D eigenvalue weighted by Gasteiger charge is -2.15. The summed E-state index contributed by atoms with van der Waals surface area (Å²) in [5, 5.41) is 5.27. The Labute approximate surface area is 105 Å². The number of nitrogens with one attached hydrogen (secondary N) is 2. The molecule has 0 aromatic heterocycles. The Morgan fingerprint density at radius 2 is 1.76 bits per heavy atom. The zero-order valence-electron chi connectivity index (χ0n) is 11.5. The molecule has 2 amide bonds. The molecule has 0 radical (unpaired) electrons. The largest absolute Gasteiger partial charge is 0.348 e. The first-order valence-corrected chi connectivity index (χ1v) is 6.59. The van der Waals surface area contributed by atoms with Gasteiger partial charge >= 0.3 is 11.8 Å². The molecule has 2 N–H and O–H groups in total. The number of carbonyl (C=O) groups is 2. The highest BCUT2D eigenvalue weighted by Crippen LogP contribution is 2.10. The van der Waals surface area contributed by atoms with Crippen molar-refractivity contribution < 1.29 is 9.59 Å². The molecule has 0 bridgehead atoms. The Morgan fingerprint density at radius 3 is 2.24 bits per heavy atom. The van der Waals surface area contributed by atoms with E-state index in [-0.39, 0.29) is 6.04 Å². The first kappa shape index (κ1) is 15.9. The van der Waals surface area contributed by atoms with Crippen LogP contribution in [0.4, 0.5) is 0 Å². The van der Waals surface area contributed by atoms with Gasteiger partial charge in [-0.05, 0) is 26.2 Å². The third-order valence-corrected chi connectivity index (χ3v) is 2.72. The van der Waals surface area contributed by atoms with Crippen molar-refractivity contribution in [2.75, 3.05) is 6.54 Å². The van der Waals surface area contributed by atoms with E-state index in [0.29, 0.717) is 12.5 Å². The van der Waals surface area contributed by atoms with Crippen molar-refractivity contribution in [3.63, 3.8) is 0 Å². The van der Waals surface area contributed by atoms with Gasteiger partial charge in [-0.3, -0.25) is 9.59 Å². The minimum absolute atomic E-state index is 0.00434. The van der Waals surface area contributed by atoms with E-state index in [1.807, 2.05) is 13.8 Å². The molecule has 0 aromatic rings. The summed E-state index contributed by atoms with van der Waals surface area (Å²) in [6.07, 6.45) is 4.48. The molecule has 0 spiro atoms. The summed E-state index contributed by atoms with van der Waals surface area (Å²) in [6, 6.07) is -0.00434. The Morgan fingerprint density at radius 1 is 1.12 bits per heavy atom. The Kier molecular flexibility index (Phi) is 8.46. The van der Waals surface area contributed by atoms with Gasteiger partial charge in [-0.2, -0.15) is 0 Å². The van der Waals surface area contributed by atoms with Crippen molar-refractivity contribution >= 4 is 11.8 Å². The topological polar surface area (TPSA) is 58.2 Å². The smallest absolute Gasteiger partial charge is 0.309 e. The van der Waals surface area contributed by atoms with Crippen LogP contribution in [0.15, 0.2) is 0 Å². The number of carbonyl (C=O) groups excluding carboxylic acids is 2. The van der Waals surface area contributed by atoms with Crippen LogP contribution in [0.5, 0.6) is 0 Å². The van der Waals surface area contributed by atoms with Gasteiger partial charge < -0.3 is 10.6 Å². The zero-order chi connectivity index (χ0) is 13.3. The summed E-state index contributed by atoms with van der Waals surface area (Å²) in [5.41, 5.74) is 0. The highest BCUT2D eigenvalue weighted by molar-refractivity contribution is 6.35. The summed E-state index contributed by atoms with van der Waals surface area (Å²) in [5.74, 6) is -0.579. The van der Waals surface area contributed by atoms with Crippen LogP contribution in [0.25, 0.3) is 0 Å². The van der Waals surface area contributed by atoms with Crippen molar-refractivity contribution in [3.05, 3.63) is 0 Å². The third-order valence-electron chi connectivity index (χ3n) is 2.72. The first-order chi connectivity index (χ1) is 8.01. The summed E-state index contributed by atoms with van der Waals surface area (Å²) >= 11 is 0. The molecule has 0 saturated carbocycles. The van der Waals surface area contributed by atoms with E-state index in [1.54, 1.807) is 0 Å². The fraction of sp³-hybridized carbons (Fsp3) is 0.846. The monoisotopic (exact) mass is 242 g/mol. The predicted molar refractivity (Wildman–Crippen MR) is 69.6 cm³/mol. The SMILES string of the molecule is CCCC[C@@H](CC)CNC(=O)C(=O)NC(C)C. The van der Waals surface area contributed by atoms with Gasteiger partial charge in [0.2, 0.25) is 0 Å². The second kappa shape index (κ2) is 9.02. The molecule has 0 fully saturated rings. The second-order valence-electron chi connectivity index (χ2n) is 4.75. The molecule has 4 nitrogen and oxygen atoms in total. The van der Waals surface area contributed by atoms with Crippen LogP contribution < -0.4 is 10.6 Å². The van der Waals surface area contributed by atoms with E-state index in [9.17, 15) is 9.59 Å².